The van der Waals surface area contributed by atoms with E-state index in [0.29, 0.717) is 12.2 Å². The Morgan fingerprint density at radius 3 is 2.27 bits per heavy atom. The summed E-state index contributed by atoms with van der Waals surface area (Å²) in [6, 6.07) is 8.83. The Hall–Kier alpha value is -2.73. The zero-order valence-corrected chi connectivity index (χ0v) is 24.1. The van der Waals surface area contributed by atoms with Crippen LogP contribution in [0.5, 0.6) is 0 Å². The number of ether oxygens (including phenoxy) is 1. The number of rotatable bonds is 6. The zero-order chi connectivity index (χ0) is 28.8. The number of sulfonamides is 1. The molecule has 0 radical (unpaired) electrons. The summed E-state index contributed by atoms with van der Waals surface area (Å²) >= 11 is 0. The first kappa shape index (κ1) is 28.8. The van der Waals surface area contributed by atoms with Crippen molar-refractivity contribution in [1.29, 1.82) is 0 Å². The molecule has 40 heavy (non-hydrogen) atoms. The second kappa shape index (κ2) is 10.9. The smallest absolute Gasteiger partial charge is 0.243 e. The molecule has 11 heteroatoms. The van der Waals surface area contributed by atoms with Crippen LogP contribution in [-0.4, -0.2) is 80.4 Å². The van der Waals surface area contributed by atoms with Crippen molar-refractivity contribution >= 4 is 26.7 Å². The minimum absolute atomic E-state index is 0.0217. The van der Waals surface area contributed by atoms with Crippen molar-refractivity contribution in [2.75, 3.05) is 50.9 Å². The molecule has 0 spiro atoms. The van der Waals surface area contributed by atoms with Gasteiger partial charge in [0.2, 0.25) is 10.0 Å². The Labute approximate surface area is 233 Å². The highest BCUT2D eigenvalue weighted by Crippen LogP contribution is 2.34. The second-order valence-corrected chi connectivity index (χ2v) is 13.5. The Morgan fingerprint density at radius 1 is 1.00 bits per heavy atom. The first-order valence-electron chi connectivity index (χ1n) is 13.5. The molecule has 0 saturated carbocycles. The van der Waals surface area contributed by atoms with Crippen LogP contribution in [0.2, 0.25) is 0 Å². The third-order valence-corrected chi connectivity index (χ3v) is 9.25. The summed E-state index contributed by atoms with van der Waals surface area (Å²) in [6.45, 7) is 11.3. The van der Waals surface area contributed by atoms with E-state index in [4.69, 9.17) is 9.72 Å². The number of halogens is 3. The normalized spacial score (nSPS) is 19.6. The maximum atomic E-state index is 15.3. The summed E-state index contributed by atoms with van der Waals surface area (Å²) < 4.78 is 76.8. The van der Waals surface area contributed by atoms with Crippen molar-refractivity contribution in [2.24, 2.45) is 0 Å². The summed E-state index contributed by atoms with van der Waals surface area (Å²) in [7, 11) is -4.21. The van der Waals surface area contributed by atoms with Crippen LogP contribution >= 0.6 is 0 Å². The van der Waals surface area contributed by atoms with E-state index < -0.39 is 32.7 Å². The van der Waals surface area contributed by atoms with Crippen LogP contribution in [-0.2, 0) is 14.8 Å². The lowest BCUT2D eigenvalue weighted by molar-refractivity contribution is -0.0644. The van der Waals surface area contributed by atoms with Crippen molar-refractivity contribution in [2.45, 2.75) is 50.8 Å². The fraction of sp³-hybridized carbons (Fsp3) is 0.483. The van der Waals surface area contributed by atoms with Gasteiger partial charge in [-0.2, -0.15) is 4.31 Å². The summed E-state index contributed by atoms with van der Waals surface area (Å²) in [4.78, 5) is 8.73. The average molecular weight is 577 g/mol. The van der Waals surface area contributed by atoms with Gasteiger partial charge in [-0.05, 0) is 75.6 Å². The van der Waals surface area contributed by atoms with Crippen LogP contribution in [0.15, 0.2) is 41.3 Å². The molecule has 7 nitrogen and oxygen atoms in total. The van der Waals surface area contributed by atoms with Crippen LogP contribution in [0, 0.1) is 18.6 Å². The van der Waals surface area contributed by atoms with Crippen molar-refractivity contribution in [3.8, 4) is 11.1 Å². The number of alkyl halides is 1. The Bertz CT molecular complexity index is 1500. The number of benzene rings is 2. The average Bonchev–Trinajstić information content (AvgIpc) is 3.34. The molecule has 216 valence electrons. The van der Waals surface area contributed by atoms with Gasteiger partial charge in [0.05, 0.1) is 28.3 Å². The van der Waals surface area contributed by atoms with Crippen LogP contribution in [0.3, 0.4) is 0 Å². The summed E-state index contributed by atoms with van der Waals surface area (Å²) in [6.07, 6.45) is -1.22. The molecule has 1 atom stereocenters. The highest BCUT2D eigenvalue weighted by Gasteiger charge is 2.34. The second-order valence-electron chi connectivity index (χ2n) is 11.5. The molecule has 2 aliphatic heterocycles. The molecule has 2 aromatic carbocycles. The van der Waals surface area contributed by atoms with E-state index in [9.17, 15) is 12.8 Å². The number of pyridine rings is 1. The first-order chi connectivity index (χ1) is 18.8. The Balaban J connectivity index is 1.40. The van der Waals surface area contributed by atoms with Gasteiger partial charge in [-0.15, -0.1) is 0 Å². The molecule has 0 aliphatic carbocycles. The zero-order valence-electron chi connectivity index (χ0n) is 23.3. The molecular formula is C29H35F3N4O3S. The molecular weight excluding hydrogens is 541 g/mol. The fourth-order valence-corrected chi connectivity index (χ4v) is 6.66. The SMILES string of the molecule is Cc1cc(-c2c(F)cc(S(=O)(=O)N3CC[C@H](F)C3)cc2F)cc2nc(N3CCN(COC(C)(C)C)CC3)ccc12. The molecule has 3 heterocycles. The van der Waals surface area contributed by atoms with Crippen molar-refractivity contribution in [3.05, 3.63) is 53.6 Å². The predicted molar refractivity (Wildman–Crippen MR) is 150 cm³/mol. The third-order valence-electron chi connectivity index (χ3n) is 7.41. The quantitative estimate of drug-likeness (QED) is 0.406. The molecule has 0 N–H and O–H groups in total. The molecule has 2 saturated heterocycles. The molecule has 5 rings (SSSR count). The third kappa shape index (κ3) is 5.97. The van der Waals surface area contributed by atoms with E-state index >= 15 is 8.78 Å². The Kier molecular flexibility index (Phi) is 7.86. The number of hydrogen-bond acceptors (Lipinski definition) is 6. The van der Waals surface area contributed by atoms with Crippen molar-refractivity contribution < 1.29 is 26.3 Å². The van der Waals surface area contributed by atoms with E-state index in [0.717, 1.165) is 59.4 Å². The lowest BCUT2D eigenvalue weighted by atomic mass is 9.99. The number of aromatic nitrogens is 1. The van der Waals surface area contributed by atoms with Gasteiger partial charge >= 0.3 is 0 Å². The molecule has 0 amide bonds. The van der Waals surface area contributed by atoms with E-state index in [2.05, 4.69) is 9.80 Å². The number of nitrogens with zero attached hydrogens (tertiary/aromatic N) is 4. The van der Waals surface area contributed by atoms with E-state index in [1.165, 1.54) is 0 Å². The van der Waals surface area contributed by atoms with Gasteiger partial charge < -0.3 is 9.64 Å². The Morgan fingerprint density at radius 2 is 1.68 bits per heavy atom. The molecule has 2 fully saturated rings. The highest BCUT2D eigenvalue weighted by atomic mass is 32.2. The van der Waals surface area contributed by atoms with E-state index in [1.807, 2.05) is 39.8 Å². The van der Waals surface area contributed by atoms with Gasteiger partial charge in [0.15, 0.2) is 0 Å². The molecule has 0 bridgehead atoms. The van der Waals surface area contributed by atoms with Crippen molar-refractivity contribution in [1.82, 2.24) is 14.2 Å². The summed E-state index contributed by atoms with van der Waals surface area (Å²) in [5, 5.41) is 0.861. The summed E-state index contributed by atoms with van der Waals surface area (Å²) in [5.74, 6) is -1.23. The predicted octanol–water partition coefficient (Wildman–Crippen LogP) is 5.12. The first-order valence-corrected chi connectivity index (χ1v) is 14.9. The van der Waals surface area contributed by atoms with Crippen LogP contribution in [0.25, 0.3) is 22.0 Å². The van der Waals surface area contributed by atoms with Crippen LogP contribution < -0.4 is 4.90 Å². The van der Waals surface area contributed by atoms with Gasteiger partial charge in [-0.1, -0.05) is 6.07 Å². The lowest BCUT2D eigenvalue weighted by Crippen LogP contribution is -2.48. The topological polar surface area (TPSA) is 66.0 Å². The largest absolute Gasteiger partial charge is 0.360 e. The minimum Gasteiger partial charge on any atom is -0.360 e. The van der Waals surface area contributed by atoms with Gasteiger partial charge in [-0.3, -0.25) is 4.90 Å². The highest BCUT2D eigenvalue weighted by molar-refractivity contribution is 7.89. The monoisotopic (exact) mass is 576 g/mol. The molecule has 2 aliphatic rings. The maximum Gasteiger partial charge on any atom is 0.243 e. The van der Waals surface area contributed by atoms with Gasteiger partial charge in [0.25, 0.3) is 0 Å². The van der Waals surface area contributed by atoms with Crippen LogP contribution in [0.1, 0.15) is 32.8 Å². The van der Waals surface area contributed by atoms with E-state index in [-0.39, 0.29) is 36.2 Å². The molecule has 3 aromatic rings. The molecule has 1 aromatic heterocycles. The van der Waals surface area contributed by atoms with Crippen LogP contribution in [0.4, 0.5) is 19.0 Å². The van der Waals surface area contributed by atoms with Gasteiger partial charge in [0.1, 0.15) is 23.6 Å². The number of hydrogen-bond donors (Lipinski definition) is 0. The standard InChI is InChI=1S/C29H35F3N4O3S/c1-19-13-20(28-24(31)15-22(16-25(28)32)40(37,38)36-8-7-21(30)17-36)14-26-23(19)5-6-27(33-26)35-11-9-34(10-12-35)18-39-29(2,3)4/h5-6,13-16,21H,7-12,17-18H2,1-4H3/t21-/m0/s1. The number of aryl methyl sites for hydroxylation is 1. The number of fused-ring (bicyclic) bond motifs is 1. The lowest BCUT2D eigenvalue weighted by Gasteiger charge is -2.36. The van der Waals surface area contributed by atoms with Gasteiger partial charge in [-0.25, -0.2) is 26.6 Å². The molecule has 0 unspecified atom stereocenters. The maximum absolute atomic E-state index is 15.3. The number of piperazine rings is 1. The fourth-order valence-electron chi connectivity index (χ4n) is 5.15. The van der Waals surface area contributed by atoms with Crippen molar-refractivity contribution in [3.63, 3.8) is 0 Å². The minimum atomic E-state index is -4.21. The summed E-state index contributed by atoms with van der Waals surface area (Å²) in [5.41, 5.74) is 1.12. The number of anilines is 1. The van der Waals surface area contributed by atoms with Gasteiger partial charge in [0, 0.05) is 44.7 Å². The van der Waals surface area contributed by atoms with E-state index in [1.54, 1.807) is 12.1 Å².